The number of aliphatic hydroxyl groups is 1. The minimum absolute atomic E-state index is 0.0582. The Hall–Kier alpha value is -1.03. The number of likely N-dealkylation sites (N-methyl/N-ethyl adjacent to an activating group) is 1. The molecule has 1 N–H and O–H groups in total. The largest absolute Gasteiger partial charge is 0.756 e. The number of hydrogen-bond donors (Lipinski definition) is 1. The van der Waals surface area contributed by atoms with Crippen molar-refractivity contribution in [3.63, 3.8) is 0 Å². The lowest BCUT2D eigenvalue weighted by Crippen LogP contribution is -2.45. The number of carbonyl (C=O) groups excluding carboxylic acids is 2. The first-order chi connectivity index (χ1) is 26.3. The average molecular weight is 806 g/mol. The standard InChI is InChI=1S/C44H88NO9P/c1-6-8-10-12-14-16-18-20-22-24-26-28-30-32-34-36-42(46)51-40-44(48,41-53-55(49,50)52-39-38-45(3,4)5)54-43(47)37-35-33-31-29-27-25-23-21-19-17-15-13-11-9-7-2/h48H,6-41H2,1-5H3/t44-/m1/s1. The molecule has 1 unspecified atom stereocenters. The predicted molar refractivity (Wildman–Crippen MR) is 224 cm³/mol. The molecule has 328 valence electrons. The summed E-state index contributed by atoms with van der Waals surface area (Å²) in [6, 6.07) is 0. The first-order valence-corrected chi connectivity index (χ1v) is 24.3. The van der Waals surface area contributed by atoms with Crippen LogP contribution in [0.25, 0.3) is 0 Å². The second-order valence-electron chi connectivity index (χ2n) is 17.0. The molecule has 0 amide bonds. The normalized spacial score (nSPS) is 14.1. The Kier molecular flexibility index (Phi) is 35.4. The smallest absolute Gasteiger partial charge is 0.308 e. The lowest BCUT2D eigenvalue weighted by atomic mass is 10.0. The van der Waals surface area contributed by atoms with Gasteiger partial charge < -0.3 is 33.0 Å². The summed E-state index contributed by atoms with van der Waals surface area (Å²) in [7, 11) is 0.863. The number of esters is 2. The first-order valence-electron chi connectivity index (χ1n) is 22.8. The fourth-order valence-electron chi connectivity index (χ4n) is 6.55. The number of unbranched alkanes of at least 4 members (excludes halogenated alkanes) is 28. The third-order valence-corrected chi connectivity index (χ3v) is 11.1. The van der Waals surface area contributed by atoms with Crippen molar-refractivity contribution in [3.05, 3.63) is 0 Å². The Morgan fingerprint density at radius 1 is 0.527 bits per heavy atom. The highest BCUT2D eigenvalue weighted by Crippen LogP contribution is 2.39. The minimum Gasteiger partial charge on any atom is -0.756 e. The maximum atomic E-state index is 12.7. The number of nitrogens with zero attached hydrogens (tertiary/aromatic N) is 1. The first kappa shape index (κ1) is 54.0. The van der Waals surface area contributed by atoms with Crippen LogP contribution < -0.4 is 4.89 Å². The molecule has 0 aliphatic heterocycles. The maximum Gasteiger partial charge on any atom is 0.308 e. The lowest BCUT2D eigenvalue weighted by Gasteiger charge is -2.31. The topological polar surface area (TPSA) is 131 Å². The van der Waals surface area contributed by atoms with Crippen LogP contribution in [0, 0.1) is 0 Å². The molecule has 0 aliphatic rings. The van der Waals surface area contributed by atoms with Crippen LogP contribution in [0.3, 0.4) is 0 Å². The van der Waals surface area contributed by atoms with Crippen molar-refractivity contribution in [3.8, 4) is 0 Å². The van der Waals surface area contributed by atoms with Crippen molar-refractivity contribution >= 4 is 19.8 Å². The molecule has 0 radical (unpaired) electrons. The second-order valence-corrected chi connectivity index (χ2v) is 18.5. The van der Waals surface area contributed by atoms with Gasteiger partial charge in [0.1, 0.15) is 19.8 Å². The summed E-state index contributed by atoms with van der Waals surface area (Å²) >= 11 is 0. The summed E-state index contributed by atoms with van der Waals surface area (Å²) < 4.78 is 33.3. The molecule has 0 spiro atoms. The predicted octanol–water partition coefficient (Wildman–Crippen LogP) is 11.5. The summed E-state index contributed by atoms with van der Waals surface area (Å²) in [5.74, 6) is -3.71. The molecule has 0 rings (SSSR count). The molecule has 0 heterocycles. The van der Waals surface area contributed by atoms with E-state index >= 15 is 0 Å². The van der Waals surface area contributed by atoms with E-state index in [4.69, 9.17) is 18.5 Å². The molecule has 0 aliphatic carbocycles. The molecule has 10 nitrogen and oxygen atoms in total. The van der Waals surface area contributed by atoms with Crippen LogP contribution in [0.4, 0.5) is 0 Å². The molecule has 0 aromatic rings. The van der Waals surface area contributed by atoms with E-state index in [2.05, 4.69) is 13.8 Å². The van der Waals surface area contributed by atoms with Crippen LogP contribution in [0.5, 0.6) is 0 Å². The Morgan fingerprint density at radius 2 is 0.855 bits per heavy atom. The van der Waals surface area contributed by atoms with Crippen molar-refractivity contribution in [2.45, 2.75) is 225 Å². The van der Waals surface area contributed by atoms with E-state index in [9.17, 15) is 24.2 Å². The molecule has 0 fully saturated rings. The van der Waals surface area contributed by atoms with Crippen LogP contribution in [0.2, 0.25) is 0 Å². The molecule has 0 aromatic carbocycles. The molecular weight excluding hydrogens is 717 g/mol. The van der Waals surface area contributed by atoms with E-state index in [1.807, 2.05) is 21.1 Å². The molecule has 2 atom stereocenters. The highest BCUT2D eigenvalue weighted by molar-refractivity contribution is 7.45. The maximum absolute atomic E-state index is 12.7. The third kappa shape index (κ3) is 39.6. The van der Waals surface area contributed by atoms with Gasteiger partial charge in [-0.3, -0.25) is 14.2 Å². The minimum atomic E-state index is -4.82. The number of rotatable bonds is 42. The molecule has 55 heavy (non-hydrogen) atoms. The number of phosphoric ester groups is 1. The van der Waals surface area contributed by atoms with Gasteiger partial charge in [0.05, 0.1) is 21.1 Å². The summed E-state index contributed by atoms with van der Waals surface area (Å²) in [5.41, 5.74) is 0. The average Bonchev–Trinajstić information content (AvgIpc) is 3.12. The number of phosphoric acid groups is 1. The molecule has 0 saturated heterocycles. The fourth-order valence-corrected chi connectivity index (χ4v) is 7.29. The van der Waals surface area contributed by atoms with Crippen LogP contribution in [0.1, 0.15) is 219 Å². The van der Waals surface area contributed by atoms with E-state index in [0.29, 0.717) is 23.9 Å². The molecule has 0 saturated carbocycles. The zero-order chi connectivity index (χ0) is 40.9. The van der Waals surface area contributed by atoms with Gasteiger partial charge in [0, 0.05) is 12.8 Å². The monoisotopic (exact) mass is 806 g/mol. The lowest BCUT2D eigenvalue weighted by molar-refractivity contribution is -0.870. The number of ether oxygens (including phenoxy) is 2. The van der Waals surface area contributed by atoms with Gasteiger partial charge in [0.15, 0.2) is 6.61 Å². The van der Waals surface area contributed by atoms with Crippen LogP contribution in [-0.2, 0) is 32.7 Å². The van der Waals surface area contributed by atoms with Gasteiger partial charge >= 0.3 is 11.9 Å². The SMILES string of the molecule is CCCCCCCCCCCCCCCCCC(=O)OC[C@](O)(COP(=O)([O-])OCC[N+](C)(C)C)OC(=O)CCCCCCCCCCCCCCCCC. The zero-order valence-electron chi connectivity index (χ0n) is 36.6. The van der Waals surface area contributed by atoms with Crippen LogP contribution in [-0.4, -0.2) is 74.8 Å². The van der Waals surface area contributed by atoms with Crippen molar-refractivity contribution in [2.24, 2.45) is 0 Å². The van der Waals surface area contributed by atoms with Gasteiger partial charge in [0.2, 0.25) is 0 Å². The van der Waals surface area contributed by atoms with Crippen LogP contribution >= 0.6 is 7.82 Å². The number of quaternary nitrogens is 1. The highest BCUT2D eigenvalue weighted by Gasteiger charge is 2.36. The number of hydrogen-bond acceptors (Lipinski definition) is 9. The van der Waals surface area contributed by atoms with Gasteiger partial charge in [-0.1, -0.05) is 194 Å². The van der Waals surface area contributed by atoms with E-state index in [1.54, 1.807) is 0 Å². The van der Waals surface area contributed by atoms with E-state index in [-0.39, 0.29) is 19.4 Å². The van der Waals surface area contributed by atoms with E-state index < -0.39 is 38.8 Å². The van der Waals surface area contributed by atoms with Gasteiger partial charge in [-0.25, -0.2) is 0 Å². The van der Waals surface area contributed by atoms with Crippen molar-refractivity contribution in [2.75, 3.05) is 47.5 Å². The highest BCUT2D eigenvalue weighted by atomic mass is 31.2. The fraction of sp³-hybridized carbons (Fsp3) is 0.955. The summed E-state index contributed by atoms with van der Waals surface area (Å²) in [5, 5.41) is 11.1. The van der Waals surface area contributed by atoms with Gasteiger partial charge in [-0.05, 0) is 12.8 Å². The second kappa shape index (κ2) is 36.1. The molecule has 0 bridgehead atoms. The molecule has 0 aromatic heterocycles. The van der Waals surface area contributed by atoms with E-state index in [1.165, 1.54) is 141 Å². The Labute approximate surface area is 338 Å². The third-order valence-electron chi connectivity index (χ3n) is 10.2. The Bertz CT molecular complexity index is 945. The van der Waals surface area contributed by atoms with E-state index in [0.717, 1.165) is 38.5 Å². The van der Waals surface area contributed by atoms with Crippen molar-refractivity contribution in [1.82, 2.24) is 0 Å². The zero-order valence-corrected chi connectivity index (χ0v) is 37.5. The van der Waals surface area contributed by atoms with Crippen molar-refractivity contribution < 1.29 is 47.2 Å². The quantitative estimate of drug-likeness (QED) is 0.0210. The van der Waals surface area contributed by atoms with Gasteiger partial charge in [0.25, 0.3) is 13.6 Å². The van der Waals surface area contributed by atoms with Gasteiger partial charge in [-0.15, -0.1) is 0 Å². The Balaban J connectivity index is 4.44. The summed E-state index contributed by atoms with van der Waals surface area (Å²) in [6.07, 6.45) is 36.6. The Morgan fingerprint density at radius 3 is 1.20 bits per heavy atom. The van der Waals surface area contributed by atoms with Gasteiger partial charge in [-0.2, -0.15) is 0 Å². The summed E-state index contributed by atoms with van der Waals surface area (Å²) in [4.78, 5) is 37.6. The molecule has 11 heteroatoms. The van der Waals surface area contributed by atoms with Crippen LogP contribution in [0.15, 0.2) is 0 Å². The van der Waals surface area contributed by atoms with Crippen molar-refractivity contribution in [1.29, 1.82) is 0 Å². The molecular formula is C44H88NO9P. The summed E-state index contributed by atoms with van der Waals surface area (Å²) in [6.45, 7) is 3.13. The number of carbonyl (C=O) groups is 2.